The Labute approximate surface area is 150 Å². The van der Waals surface area contributed by atoms with Crippen LogP contribution in [0.3, 0.4) is 0 Å². The molecule has 1 amide bonds. The van der Waals surface area contributed by atoms with Crippen molar-refractivity contribution in [2.45, 2.75) is 17.9 Å². The second kappa shape index (κ2) is 7.81. The molecular weight excluding hydrogens is 346 g/mol. The fourth-order valence-corrected chi connectivity index (χ4v) is 3.21. The van der Waals surface area contributed by atoms with E-state index in [0.717, 1.165) is 22.0 Å². The van der Waals surface area contributed by atoms with Gasteiger partial charge in [0.15, 0.2) is 11.5 Å². The lowest BCUT2D eigenvalue weighted by molar-refractivity contribution is -0.119. The number of amides is 1. The van der Waals surface area contributed by atoms with Crippen LogP contribution in [0.5, 0.6) is 11.5 Å². The third-order valence-electron chi connectivity index (χ3n) is 3.63. The van der Waals surface area contributed by atoms with Crippen LogP contribution in [0.25, 0.3) is 0 Å². The van der Waals surface area contributed by atoms with Gasteiger partial charge in [-0.3, -0.25) is 4.79 Å². The predicted octanol–water partition coefficient (Wildman–Crippen LogP) is 4.08. The van der Waals surface area contributed by atoms with E-state index in [9.17, 15) is 4.79 Å². The maximum absolute atomic E-state index is 12.1. The highest BCUT2D eigenvalue weighted by molar-refractivity contribution is 8.00. The van der Waals surface area contributed by atoms with Crippen LogP contribution in [0, 0.1) is 0 Å². The Morgan fingerprint density at radius 2 is 1.88 bits per heavy atom. The number of benzene rings is 2. The standard InChI is InChI=1S/C18H18ClNO3S/c1-12(13-2-7-16-17(10-13)23-9-8-22-16)20-18(21)11-24-15-5-3-14(19)4-6-15/h2-7,10,12H,8-9,11H2,1H3,(H,20,21)/t12-/m0/s1. The highest BCUT2D eigenvalue weighted by atomic mass is 35.5. The fraction of sp³-hybridized carbons (Fsp3) is 0.278. The molecule has 1 atom stereocenters. The van der Waals surface area contributed by atoms with Crippen molar-refractivity contribution in [2.24, 2.45) is 0 Å². The number of fused-ring (bicyclic) bond motifs is 1. The van der Waals surface area contributed by atoms with Crippen molar-refractivity contribution in [1.29, 1.82) is 0 Å². The van der Waals surface area contributed by atoms with Gasteiger partial charge in [-0.2, -0.15) is 0 Å². The fourth-order valence-electron chi connectivity index (χ4n) is 2.38. The lowest BCUT2D eigenvalue weighted by Crippen LogP contribution is -2.28. The summed E-state index contributed by atoms with van der Waals surface area (Å²) in [7, 11) is 0. The zero-order valence-corrected chi connectivity index (χ0v) is 14.8. The molecule has 1 heterocycles. The van der Waals surface area contributed by atoms with Crippen molar-refractivity contribution in [3.05, 3.63) is 53.1 Å². The Bertz CT molecular complexity index is 721. The number of halogens is 1. The van der Waals surface area contributed by atoms with E-state index in [1.807, 2.05) is 49.4 Å². The first kappa shape index (κ1) is 17.0. The molecule has 24 heavy (non-hydrogen) atoms. The maximum atomic E-state index is 12.1. The largest absolute Gasteiger partial charge is 0.486 e. The molecule has 0 fully saturated rings. The van der Waals surface area contributed by atoms with E-state index in [4.69, 9.17) is 21.1 Å². The summed E-state index contributed by atoms with van der Waals surface area (Å²) < 4.78 is 11.1. The molecule has 0 radical (unpaired) electrons. The minimum absolute atomic E-state index is 0.0164. The molecule has 6 heteroatoms. The molecule has 3 rings (SSSR count). The molecule has 4 nitrogen and oxygen atoms in total. The molecule has 1 N–H and O–H groups in total. The lowest BCUT2D eigenvalue weighted by Gasteiger charge is -2.21. The molecule has 0 aliphatic carbocycles. The molecule has 126 valence electrons. The van der Waals surface area contributed by atoms with Gasteiger partial charge in [0.2, 0.25) is 5.91 Å². The van der Waals surface area contributed by atoms with Gasteiger partial charge in [-0.25, -0.2) is 0 Å². The number of rotatable bonds is 5. The quantitative estimate of drug-likeness (QED) is 0.813. The van der Waals surface area contributed by atoms with Crippen molar-refractivity contribution in [3.63, 3.8) is 0 Å². The van der Waals surface area contributed by atoms with Gasteiger partial charge in [-0.05, 0) is 48.9 Å². The molecular formula is C18H18ClNO3S. The van der Waals surface area contributed by atoms with Crippen LogP contribution in [0.15, 0.2) is 47.4 Å². The highest BCUT2D eigenvalue weighted by Crippen LogP contribution is 2.32. The summed E-state index contributed by atoms with van der Waals surface area (Å²) in [5.74, 6) is 1.82. The Balaban J connectivity index is 1.55. The first-order valence-electron chi connectivity index (χ1n) is 7.69. The monoisotopic (exact) mass is 363 g/mol. The van der Waals surface area contributed by atoms with E-state index in [0.29, 0.717) is 24.0 Å². The van der Waals surface area contributed by atoms with Crippen LogP contribution in [-0.2, 0) is 4.79 Å². The normalized spacial score (nSPS) is 14.1. The van der Waals surface area contributed by atoms with Gasteiger partial charge >= 0.3 is 0 Å². The van der Waals surface area contributed by atoms with Crippen LogP contribution in [0.1, 0.15) is 18.5 Å². The molecule has 0 aromatic heterocycles. The van der Waals surface area contributed by atoms with E-state index >= 15 is 0 Å². The topological polar surface area (TPSA) is 47.6 Å². The van der Waals surface area contributed by atoms with Gasteiger partial charge in [0.25, 0.3) is 0 Å². The van der Waals surface area contributed by atoms with Crippen molar-refractivity contribution in [1.82, 2.24) is 5.32 Å². The predicted molar refractivity (Wildman–Crippen MR) is 96.2 cm³/mol. The second-order valence-electron chi connectivity index (χ2n) is 5.43. The summed E-state index contributed by atoms with van der Waals surface area (Å²) in [5.41, 5.74) is 0.990. The Hall–Kier alpha value is -1.85. The maximum Gasteiger partial charge on any atom is 0.230 e. The number of carbonyl (C=O) groups is 1. The van der Waals surface area contributed by atoms with Crippen LogP contribution < -0.4 is 14.8 Å². The average Bonchev–Trinajstić information content (AvgIpc) is 2.61. The molecule has 0 saturated heterocycles. The Kier molecular flexibility index (Phi) is 5.53. The minimum Gasteiger partial charge on any atom is -0.486 e. The second-order valence-corrected chi connectivity index (χ2v) is 6.92. The summed E-state index contributed by atoms with van der Waals surface area (Å²) in [6, 6.07) is 13.1. The minimum atomic E-state index is -0.0980. The van der Waals surface area contributed by atoms with Crippen molar-refractivity contribution in [3.8, 4) is 11.5 Å². The molecule has 1 aliphatic rings. The van der Waals surface area contributed by atoms with E-state index in [-0.39, 0.29) is 11.9 Å². The molecule has 2 aromatic rings. The van der Waals surface area contributed by atoms with Gasteiger partial charge in [-0.1, -0.05) is 17.7 Å². The van der Waals surface area contributed by atoms with Crippen molar-refractivity contribution >= 4 is 29.3 Å². The third kappa shape index (κ3) is 4.36. The summed E-state index contributed by atoms with van der Waals surface area (Å²) in [6.45, 7) is 3.08. The van der Waals surface area contributed by atoms with Gasteiger partial charge < -0.3 is 14.8 Å². The zero-order chi connectivity index (χ0) is 16.9. The summed E-state index contributed by atoms with van der Waals surface area (Å²) in [6.07, 6.45) is 0. The molecule has 0 unspecified atom stereocenters. The number of thioether (sulfide) groups is 1. The smallest absolute Gasteiger partial charge is 0.230 e. The molecule has 0 saturated carbocycles. The molecule has 0 bridgehead atoms. The molecule has 0 spiro atoms. The van der Waals surface area contributed by atoms with Crippen LogP contribution in [0.4, 0.5) is 0 Å². The van der Waals surface area contributed by atoms with Gasteiger partial charge in [0, 0.05) is 9.92 Å². The van der Waals surface area contributed by atoms with E-state index in [1.54, 1.807) is 0 Å². The van der Waals surface area contributed by atoms with E-state index in [2.05, 4.69) is 5.32 Å². The van der Waals surface area contributed by atoms with Crippen molar-refractivity contribution in [2.75, 3.05) is 19.0 Å². The highest BCUT2D eigenvalue weighted by Gasteiger charge is 2.15. The summed E-state index contributed by atoms with van der Waals surface area (Å²) in [5, 5.41) is 3.69. The van der Waals surface area contributed by atoms with Gasteiger partial charge in [0.05, 0.1) is 11.8 Å². The first-order chi connectivity index (χ1) is 11.6. The Morgan fingerprint density at radius 1 is 1.17 bits per heavy atom. The number of carbonyl (C=O) groups excluding carboxylic acids is 1. The molecule has 1 aliphatic heterocycles. The summed E-state index contributed by atoms with van der Waals surface area (Å²) >= 11 is 7.34. The first-order valence-corrected chi connectivity index (χ1v) is 9.05. The zero-order valence-electron chi connectivity index (χ0n) is 13.3. The van der Waals surface area contributed by atoms with Crippen molar-refractivity contribution < 1.29 is 14.3 Å². The number of hydrogen-bond donors (Lipinski definition) is 1. The summed E-state index contributed by atoms with van der Waals surface area (Å²) in [4.78, 5) is 13.2. The SMILES string of the molecule is C[C@H](NC(=O)CSc1ccc(Cl)cc1)c1ccc2c(c1)OCCO2. The third-order valence-corrected chi connectivity index (χ3v) is 4.89. The van der Waals surface area contributed by atoms with Gasteiger partial charge in [0.1, 0.15) is 13.2 Å². The van der Waals surface area contributed by atoms with Crippen LogP contribution in [0.2, 0.25) is 5.02 Å². The van der Waals surface area contributed by atoms with Crippen LogP contribution >= 0.6 is 23.4 Å². The van der Waals surface area contributed by atoms with Crippen LogP contribution in [-0.4, -0.2) is 24.9 Å². The number of nitrogens with one attached hydrogen (secondary N) is 1. The lowest BCUT2D eigenvalue weighted by atomic mass is 10.1. The average molecular weight is 364 g/mol. The van der Waals surface area contributed by atoms with Gasteiger partial charge in [-0.15, -0.1) is 11.8 Å². The number of hydrogen-bond acceptors (Lipinski definition) is 4. The van der Waals surface area contributed by atoms with E-state index in [1.165, 1.54) is 11.8 Å². The molecule has 2 aromatic carbocycles. The number of ether oxygens (including phenoxy) is 2. The van der Waals surface area contributed by atoms with E-state index < -0.39 is 0 Å². The Morgan fingerprint density at radius 3 is 2.62 bits per heavy atom.